The summed E-state index contributed by atoms with van der Waals surface area (Å²) in [5.74, 6) is 0.0180. The summed E-state index contributed by atoms with van der Waals surface area (Å²) in [7, 11) is 1.54. The quantitative estimate of drug-likeness (QED) is 0.760. The minimum absolute atomic E-state index is 0.0180. The highest BCUT2D eigenvalue weighted by molar-refractivity contribution is 6.43. The lowest BCUT2D eigenvalue weighted by Crippen LogP contribution is -2.46. The van der Waals surface area contributed by atoms with E-state index < -0.39 is 0 Å². The van der Waals surface area contributed by atoms with E-state index >= 15 is 0 Å². The molecular weight excluding hydrogens is 397 g/mol. The van der Waals surface area contributed by atoms with Crippen molar-refractivity contribution in [2.24, 2.45) is 0 Å². The Morgan fingerprint density at radius 1 is 1.14 bits per heavy atom. The molecule has 158 valence electrons. The number of hydrogen-bond donors (Lipinski definition) is 1. The number of nitrogens with one attached hydrogen (secondary N) is 1. The normalized spacial score (nSPS) is 18.4. The topological polar surface area (TPSA) is 44.8 Å². The fourth-order valence-corrected chi connectivity index (χ4v) is 4.10. The van der Waals surface area contributed by atoms with Gasteiger partial charge < -0.3 is 19.9 Å². The number of carbonyl (C=O) groups excluding carboxylic acids is 1. The standard InChI is InChI=1S/C12H16Cl2N2.C9H17NO2/c1-2-15-6-8-16(9-7-15)11-5-3-4-10(13)12(11)14;1-12-7-9(11)10-8-5-3-2-4-6-8/h3-5H,2,6-9H2,1H3;8H,2-7H2,1H3,(H,10,11). The van der Waals surface area contributed by atoms with Crippen LogP contribution in [0.1, 0.15) is 39.0 Å². The highest BCUT2D eigenvalue weighted by atomic mass is 35.5. The van der Waals surface area contributed by atoms with Crippen LogP contribution in [-0.4, -0.2) is 63.3 Å². The van der Waals surface area contributed by atoms with Crippen LogP contribution in [0.5, 0.6) is 0 Å². The van der Waals surface area contributed by atoms with Crippen molar-refractivity contribution in [3.63, 3.8) is 0 Å². The van der Waals surface area contributed by atoms with Crippen molar-refractivity contribution >= 4 is 34.8 Å². The van der Waals surface area contributed by atoms with Gasteiger partial charge in [-0.2, -0.15) is 0 Å². The summed E-state index contributed by atoms with van der Waals surface area (Å²) in [5.41, 5.74) is 1.06. The Balaban J connectivity index is 0.000000209. The van der Waals surface area contributed by atoms with Crippen molar-refractivity contribution in [2.45, 2.75) is 45.1 Å². The number of nitrogens with zero attached hydrogens (tertiary/aromatic N) is 2. The Kier molecular flexibility index (Phi) is 10.4. The Morgan fingerprint density at radius 2 is 1.82 bits per heavy atom. The third kappa shape index (κ3) is 7.43. The van der Waals surface area contributed by atoms with Crippen LogP contribution in [0.4, 0.5) is 5.69 Å². The van der Waals surface area contributed by atoms with Crippen LogP contribution in [-0.2, 0) is 9.53 Å². The van der Waals surface area contributed by atoms with Gasteiger partial charge in [-0.25, -0.2) is 0 Å². The average Bonchev–Trinajstić information content (AvgIpc) is 2.72. The van der Waals surface area contributed by atoms with Gasteiger partial charge in [0, 0.05) is 39.3 Å². The van der Waals surface area contributed by atoms with Gasteiger partial charge in [-0.1, -0.05) is 55.5 Å². The fourth-order valence-electron chi connectivity index (χ4n) is 3.69. The lowest BCUT2D eigenvalue weighted by molar-refractivity contribution is -0.125. The molecule has 2 fully saturated rings. The van der Waals surface area contributed by atoms with Crippen LogP contribution in [0.2, 0.25) is 10.0 Å². The molecule has 1 aliphatic carbocycles. The number of likely N-dealkylation sites (N-methyl/N-ethyl adjacent to an activating group) is 1. The SMILES string of the molecule is CCN1CCN(c2cccc(Cl)c2Cl)CC1.COCC(=O)NC1CCCCC1. The maximum absolute atomic E-state index is 11.1. The number of methoxy groups -OCH3 is 1. The summed E-state index contributed by atoms with van der Waals surface area (Å²) < 4.78 is 4.73. The predicted molar refractivity (Wildman–Crippen MR) is 118 cm³/mol. The van der Waals surface area contributed by atoms with E-state index in [9.17, 15) is 4.79 Å². The number of halogens is 2. The summed E-state index contributed by atoms with van der Waals surface area (Å²) in [5, 5.41) is 4.27. The largest absolute Gasteiger partial charge is 0.375 e. The Morgan fingerprint density at radius 3 is 2.43 bits per heavy atom. The zero-order valence-electron chi connectivity index (χ0n) is 17.1. The van der Waals surface area contributed by atoms with Crippen LogP contribution in [0.15, 0.2) is 18.2 Å². The Hall–Kier alpha value is -1.01. The first-order chi connectivity index (χ1) is 13.5. The van der Waals surface area contributed by atoms with Gasteiger partial charge in [-0.3, -0.25) is 4.79 Å². The molecule has 0 spiro atoms. The second-order valence-electron chi connectivity index (χ2n) is 7.33. The van der Waals surface area contributed by atoms with Crippen LogP contribution >= 0.6 is 23.2 Å². The lowest BCUT2D eigenvalue weighted by Gasteiger charge is -2.36. The minimum Gasteiger partial charge on any atom is -0.375 e. The molecule has 1 aromatic rings. The van der Waals surface area contributed by atoms with Crippen molar-refractivity contribution in [2.75, 3.05) is 51.3 Å². The van der Waals surface area contributed by atoms with Crippen molar-refractivity contribution in [3.8, 4) is 0 Å². The van der Waals surface area contributed by atoms with Crippen molar-refractivity contribution in [1.29, 1.82) is 0 Å². The summed E-state index contributed by atoms with van der Waals surface area (Å²) in [4.78, 5) is 15.8. The van der Waals surface area contributed by atoms with Crippen LogP contribution in [0.25, 0.3) is 0 Å². The van der Waals surface area contributed by atoms with Gasteiger partial charge >= 0.3 is 0 Å². The zero-order chi connectivity index (χ0) is 20.4. The number of carbonyl (C=O) groups is 1. The van der Waals surface area contributed by atoms with Gasteiger partial charge in [0.2, 0.25) is 5.91 Å². The molecule has 1 aromatic carbocycles. The molecule has 0 aromatic heterocycles. The van der Waals surface area contributed by atoms with Crippen molar-refractivity contribution in [1.82, 2.24) is 10.2 Å². The highest BCUT2D eigenvalue weighted by Crippen LogP contribution is 2.32. The zero-order valence-corrected chi connectivity index (χ0v) is 18.6. The third-order valence-corrected chi connectivity index (χ3v) is 6.15. The van der Waals surface area contributed by atoms with Gasteiger partial charge in [0.25, 0.3) is 0 Å². The molecule has 7 heteroatoms. The second kappa shape index (κ2) is 12.5. The first kappa shape index (κ1) is 23.3. The van der Waals surface area contributed by atoms with E-state index in [0.29, 0.717) is 16.1 Å². The summed E-state index contributed by atoms with van der Waals surface area (Å²) in [6.45, 7) is 7.75. The number of benzene rings is 1. The van der Waals surface area contributed by atoms with Crippen molar-refractivity contribution < 1.29 is 9.53 Å². The highest BCUT2D eigenvalue weighted by Gasteiger charge is 2.18. The maximum Gasteiger partial charge on any atom is 0.246 e. The molecular formula is C21H33Cl2N3O2. The van der Waals surface area contributed by atoms with Gasteiger partial charge in [0.1, 0.15) is 6.61 Å². The summed E-state index contributed by atoms with van der Waals surface area (Å²) in [6, 6.07) is 6.22. The maximum atomic E-state index is 11.1. The summed E-state index contributed by atoms with van der Waals surface area (Å²) >= 11 is 12.2. The molecule has 0 bridgehead atoms. The average molecular weight is 430 g/mol. The van der Waals surface area contributed by atoms with E-state index in [4.69, 9.17) is 27.9 Å². The first-order valence-electron chi connectivity index (χ1n) is 10.2. The minimum atomic E-state index is 0.0180. The second-order valence-corrected chi connectivity index (χ2v) is 8.11. The van der Waals surface area contributed by atoms with E-state index in [1.807, 2.05) is 18.2 Å². The molecule has 0 unspecified atom stereocenters. The number of amides is 1. The molecule has 5 nitrogen and oxygen atoms in total. The van der Waals surface area contributed by atoms with E-state index in [0.717, 1.165) is 51.3 Å². The van der Waals surface area contributed by atoms with E-state index in [2.05, 4.69) is 22.0 Å². The molecule has 1 aliphatic heterocycles. The number of anilines is 1. The smallest absolute Gasteiger partial charge is 0.246 e. The molecule has 0 atom stereocenters. The van der Waals surface area contributed by atoms with Gasteiger partial charge in [0.15, 0.2) is 0 Å². The van der Waals surface area contributed by atoms with Gasteiger partial charge in [0.05, 0.1) is 15.7 Å². The number of ether oxygens (including phenoxy) is 1. The molecule has 28 heavy (non-hydrogen) atoms. The third-order valence-electron chi connectivity index (χ3n) is 5.34. The molecule has 1 heterocycles. The first-order valence-corrected chi connectivity index (χ1v) is 11.0. The monoisotopic (exact) mass is 429 g/mol. The molecule has 0 radical (unpaired) electrons. The lowest BCUT2D eigenvalue weighted by atomic mass is 9.95. The molecule has 1 N–H and O–H groups in total. The predicted octanol–water partition coefficient (Wildman–Crippen LogP) is 4.22. The number of piperazine rings is 1. The summed E-state index contributed by atoms with van der Waals surface area (Å²) in [6.07, 6.45) is 6.08. The molecule has 2 aliphatic rings. The number of hydrogen-bond acceptors (Lipinski definition) is 4. The van der Waals surface area contributed by atoms with E-state index in [-0.39, 0.29) is 12.5 Å². The van der Waals surface area contributed by atoms with Gasteiger partial charge in [-0.05, 0) is 31.5 Å². The number of rotatable bonds is 5. The molecule has 3 rings (SSSR count). The Bertz CT molecular complexity index is 601. The van der Waals surface area contributed by atoms with Crippen LogP contribution in [0, 0.1) is 0 Å². The molecule has 1 saturated heterocycles. The van der Waals surface area contributed by atoms with E-state index in [1.54, 1.807) is 7.11 Å². The molecule has 1 amide bonds. The molecule has 1 saturated carbocycles. The van der Waals surface area contributed by atoms with Crippen LogP contribution in [0.3, 0.4) is 0 Å². The Labute approximate surface area is 179 Å². The van der Waals surface area contributed by atoms with E-state index in [1.165, 1.54) is 19.3 Å². The van der Waals surface area contributed by atoms with Crippen LogP contribution < -0.4 is 10.2 Å². The van der Waals surface area contributed by atoms with Gasteiger partial charge in [-0.15, -0.1) is 0 Å². The van der Waals surface area contributed by atoms with Crippen molar-refractivity contribution in [3.05, 3.63) is 28.2 Å². The fraction of sp³-hybridized carbons (Fsp3) is 0.667.